The van der Waals surface area contributed by atoms with Gasteiger partial charge in [0.05, 0.1) is 0 Å². The molecule has 1 aliphatic heterocycles. The maximum atomic E-state index is 13.5. The van der Waals surface area contributed by atoms with Gasteiger partial charge in [-0.1, -0.05) is 22.6 Å². The van der Waals surface area contributed by atoms with E-state index in [1.54, 1.807) is 0 Å². The van der Waals surface area contributed by atoms with E-state index >= 15 is 0 Å². The molecule has 0 amide bonds. The zero-order chi connectivity index (χ0) is 12.6. The zero-order valence-electron chi connectivity index (χ0n) is 8.39. The molecular weight excluding hydrogens is 346 g/mol. The minimum atomic E-state index is -1.67. The molecule has 0 aromatic carbocycles. The van der Waals surface area contributed by atoms with E-state index in [-0.39, 0.29) is 5.88 Å². The fourth-order valence-corrected chi connectivity index (χ4v) is 2.05. The predicted octanol–water partition coefficient (Wildman–Crippen LogP) is 0.393. The monoisotopic (exact) mass is 354 g/mol. The average molecular weight is 354 g/mol. The number of aromatic nitrogens is 2. The highest BCUT2D eigenvalue weighted by molar-refractivity contribution is 14.1. The van der Waals surface area contributed by atoms with E-state index in [4.69, 9.17) is 4.74 Å². The van der Waals surface area contributed by atoms with Gasteiger partial charge < -0.3 is 9.84 Å². The maximum absolute atomic E-state index is 13.5. The second-order valence-corrected chi connectivity index (χ2v) is 4.26. The van der Waals surface area contributed by atoms with Crippen molar-refractivity contribution >= 4 is 28.5 Å². The highest BCUT2D eigenvalue weighted by Gasteiger charge is 2.37. The molecule has 2 N–H and O–H groups in total. The molecule has 0 bridgehead atoms. The van der Waals surface area contributed by atoms with Crippen molar-refractivity contribution in [2.24, 2.45) is 0 Å². The van der Waals surface area contributed by atoms with Crippen molar-refractivity contribution in [2.75, 3.05) is 4.43 Å². The van der Waals surface area contributed by atoms with Crippen LogP contribution in [-0.4, -0.2) is 31.4 Å². The van der Waals surface area contributed by atoms with Crippen LogP contribution >= 0.6 is 22.6 Å². The van der Waals surface area contributed by atoms with Gasteiger partial charge in [0.15, 0.2) is 11.9 Å². The quantitative estimate of drug-likeness (QED) is 0.595. The Morgan fingerprint density at radius 3 is 2.82 bits per heavy atom. The lowest BCUT2D eigenvalue weighted by Crippen LogP contribution is -2.29. The second kappa shape index (κ2) is 4.51. The Morgan fingerprint density at radius 1 is 1.59 bits per heavy atom. The molecule has 1 aliphatic rings. The summed E-state index contributed by atoms with van der Waals surface area (Å²) in [5, 5.41) is 9.53. The number of hydrogen-bond acceptors (Lipinski definition) is 4. The number of hydrogen-bond donors (Lipinski definition) is 2. The third kappa shape index (κ3) is 2.08. The summed E-state index contributed by atoms with van der Waals surface area (Å²) in [6, 6.07) is 1.08. The lowest BCUT2D eigenvalue weighted by atomic mass is 10.2. The molecule has 17 heavy (non-hydrogen) atoms. The van der Waals surface area contributed by atoms with E-state index in [1.165, 1.54) is 0 Å². The van der Waals surface area contributed by atoms with Crippen LogP contribution in [0.2, 0.25) is 0 Å². The molecule has 6 nitrogen and oxygen atoms in total. The Hall–Kier alpha value is -1.32. The number of nitrogens with one attached hydrogen (secondary N) is 1. The van der Waals surface area contributed by atoms with Gasteiger partial charge in [-0.05, 0) is 0 Å². The molecule has 0 saturated carbocycles. The molecule has 1 aromatic heterocycles. The van der Waals surface area contributed by atoms with E-state index in [2.05, 4.69) is 0 Å². The molecule has 0 fully saturated rings. The Bertz CT molecular complexity index is 579. The van der Waals surface area contributed by atoms with Crippen LogP contribution < -0.4 is 11.2 Å². The van der Waals surface area contributed by atoms with Crippen molar-refractivity contribution in [1.82, 2.24) is 9.55 Å². The highest BCUT2D eigenvalue weighted by atomic mass is 127. The van der Waals surface area contributed by atoms with Crippen LogP contribution in [0.4, 0.5) is 4.39 Å². The molecular formula is C9H8FIN2O4. The van der Waals surface area contributed by atoms with E-state index in [9.17, 15) is 19.1 Å². The van der Waals surface area contributed by atoms with Gasteiger partial charge in [-0.15, -0.1) is 0 Å². The van der Waals surface area contributed by atoms with Crippen LogP contribution in [0.15, 0.2) is 27.6 Å². The van der Waals surface area contributed by atoms with Crippen LogP contribution in [0.25, 0.3) is 5.88 Å². The van der Waals surface area contributed by atoms with Gasteiger partial charge in [-0.3, -0.25) is 9.78 Å². The number of alkyl halides is 2. The first-order chi connectivity index (χ1) is 8.04. The number of aliphatic hydroxyl groups is 1. The molecule has 0 saturated heterocycles. The van der Waals surface area contributed by atoms with Gasteiger partial charge in [-0.2, -0.15) is 0 Å². The summed E-state index contributed by atoms with van der Waals surface area (Å²) in [7, 11) is 0. The normalized spacial score (nSPS) is 23.9. The standard InChI is InChI=1S/C9H8FIN2O4/c10-6-4(3-11)17-8(7(6)15)13-2-1-5(14)12-9(13)16/h1-2,4,6,15H,3H2,(H,12,14,16)/t4-,6-/m1/s1. The van der Waals surface area contributed by atoms with Crippen molar-refractivity contribution in [1.29, 1.82) is 0 Å². The maximum Gasteiger partial charge on any atom is 0.335 e. The fraction of sp³-hybridized carbons (Fsp3) is 0.333. The van der Waals surface area contributed by atoms with E-state index < -0.39 is 29.3 Å². The van der Waals surface area contributed by atoms with Crippen molar-refractivity contribution in [3.8, 4) is 0 Å². The number of rotatable bonds is 2. The summed E-state index contributed by atoms with van der Waals surface area (Å²) in [5.41, 5.74) is -1.37. The van der Waals surface area contributed by atoms with Crippen LogP contribution in [-0.2, 0) is 4.74 Å². The number of aliphatic hydroxyl groups excluding tert-OH is 1. The summed E-state index contributed by atoms with van der Waals surface area (Å²) in [6.45, 7) is 0. The predicted molar refractivity (Wildman–Crippen MR) is 65.8 cm³/mol. The van der Waals surface area contributed by atoms with Gasteiger partial charge in [0.25, 0.3) is 5.56 Å². The molecule has 92 valence electrons. The van der Waals surface area contributed by atoms with Crippen molar-refractivity contribution in [3.05, 3.63) is 38.9 Å². The average Bonchev–Trinajstić information content (AvgIpc) is 2.57. The summed E-state index contributed by atoms with van der Waals surface area (Å²) in [5.74, 6) is -0.916. The summed E-state index contributed by atoms with van der Waals surface area (Å²) in [4.78, 5) is 24.3. The third-order valence-corrected chi connectivity index (χ3v) is 3.13. The molecule has 0 spiro atoms. The molecule has 2 rings (SSSR count). The molecule has 0 unspecified atom stereocenters. The van der Waals surface area contributed by atoms with Gasteiger partial charge in [0, 0.05) is 16.7 Å². The number of H-pyrrole nitrogens is 1. The number of aromatic amines is 1. The second-order valence-electron chi connectivity index (χ2n) is 3.38. The molecule has 1 aromatic rings. The summed E-state index contributed by atoms with van der Waals surface area (Å²) < 4.78 is 19.8. The minimum Gasteiger partial charge on any atom is -0.505 e. The topological polar surface area (TPSA) is 84.3 Å². The van der Waals surface area contributed by atoms with Gasteiger partial charge in [0.1, 0.15) is 6.10 Å². The van der Waals surface area contributed by atoms with Crippen LogP contribution in [0.1, 0.15) is 0 Å². The van der Waals surface area contributed by atoms with Gasteiger partial charge in [0.2, 0.25) is 5.88 Å². The van der Waals surface area contributed by atoms with Crippen molar-refractivity contribution in [3.63, 3.8) is 0 Å². The molecule has 8 heteroatoms. The van der Waals surface area contributed by atoms with Gasteiger partial charge in [-0.25, -0.2) is 13.8 Å². The largest absolute Gasteiger partial charge is 0.505 e. The van der Waals surface area contributed by atoms with E-state index in [0.717, 1.165) is 16.8 Å². The minimum absolute atomic E-state index is 0.277. The Balaban J connectivity index is 2.48. The zero-order valence-corrected chi connectivity index (χ0v) is 10.5. The highest BCUT2D eigenvalue weighted by Crippen LogP contribution is 2.29. The van der Waals surface area contributed by atoms with Crippen LogP contribution in [0.3, 0.4) is 0 Å². The van der Waals surface area contributed by atoms with Crippen molar-refractivity contribution in [2.45, 2.75) is 12.3 Å². The first-order valence-corrected chi connectivity index (χ1v) is 6.19. The van der Waals surface area contributed by atoms with Crippen molar-refractivity contribution < 1.29 is 14.2 Å². The smallest absolute Gasteiger partial charge is 0.335 e. The Labute approximate surface area is 108 Å². The Morgan fingerprint density at radius 2 is 2.29 bits per heavy atom. The lowest BCUT2D eigenvalue weighted by molar-refractivity contribution is 0.128. The first kappa shape index (κ1) is 12.1. The van der Waals surface area contributed by atoms with Crippen LogP contribution in [0, 0.1) is 0 Å². The molecule has 2 atom stereocenters. The number of halogens is 2. The lowest BCUT2D eigenvalue weighted by Gasteiger charge is -2.10. The number of nitrogens with zero attached hydrogens (tertiary/aromatic N) is 1. The molecule has 0 aliphatic carbocycles. The number of ether oxygens (including phenoxy) is 1. The van der Waals surface area contributed by atoms with E-state index in [0.29, 0.717) is 4.43 Å². The fourth-order valence-electron chi connectivity index (χ4n) is 1.42. The Kier molecular flexibility index (Phi) is 3.22. The SMILES string of the molecule is O=c1ccn(C2=C(O)[C@H](F)[C@@H](CI)O2)c(=O)[nH]1. The van der Waals surface area contributed by atoms with E-state index in [1.807, 2.05) is 27.6 Å². The first-order valence-electron chi connectivity index (χ1n) is 4.66. The summed E-state index contributed by atoms with van der Waals surface area (Å²) in [6.07, 6.45) is -1.38. The third-order valence-electron chi connectivity index (χ3n) is 2.26. The molecule has 2 heterocycles. The summed E-state index contributed by atoms with van der Waals surface area (Å²) >= 11 is 1.91. The van der Waals surface area contributed by atoms with Gasteiger partial charge >= 0.3 is 5.69 Å². The molecule has 0 radical (unpaired) electrons. The van der Waals surface area contributed by atoms with Crippen LogP contribution in [0.5, 0.6) is 0 Å².